The van der Waals surface area contributed by atoms with Crippen LogP contribution < -0.4 is 0 Å². The molecule has 2 aromatic rings. The van der Waals surface area contributed by atoms with Gasteiger partial charge in [0.25, 0.3) is 6.48 Å². The zero-order valence-corrected chi connectivity index (χ0v) is 17.9. The third-order valence-corrected chi connectivity index (χ3v) is 5.08. The Hall–Kier alpha value is -1.89. The molecule has 30 heavy (non-hydrogen) atoms. The van der Waals surface area contributed by atoms with E-state index in [1.54, 1.807) is 12.1 Å². The number of unbranched alkanes of at least 4 members (excludes halogenated alkanes) is 5. The van der Waals surface area contributed by atoms with Gasteiger partial charge in [0, 0.05) is 14.2 Å². The molecule has 1 unspecified atom stereocenters. The van der Waals surface area contributed by atoms with Crippen molar-refractivity contribution in [3.8, 4) is 11.1 Å². The second-order valence-corrected chi connectivity index (χ2v) is 7.32. The molecule has 0 aliphatic rings. The van der Waals surface area contributed by atoms with Gasteiger partial charge in [0.15, 0.2) is 17.5 Å². The van der Waals surface area contributed by atoms with Crippen LogP contribution in [0.3, 0.4) is 0 Å². The van der Waals surface area contributed by atoms with Crippen LogP contribution in [0.5, 0.6) is 0 Å². The van der Waals surface area contributed by atoms with Gasteiger partial charge in [-0.15, -0.1) is 0 Å². The molecule has 3 nitrogen and oxygen atoms in total. The first-order valence-corrected chi connectivity index (χ1v) is 10.5. The molecule has 0 fully saturated rings. The van der Waals surface area contributed by atoms with Crippen molar-refractivity contribution in [3.05, 3.63) is 59.4 Å². The van der Waals surface area contributed by atoms with Crippen molar-refractivity contribution in [3.63, 3.8) is 0 Å². The molecule has 0 aromatic heterocycles. The summed E-state index contributed by atoms with van der Waals surface area (Å²) in [4.78, 5) is 0. The largest absolute Gasteiger partial charge is 0.333 e. The monoisotopic (exact) mass is 424 g/mol. The Morgan fingerprint density at radius 1 is 0.767 bits per heavy atom. The van der Waals surface area contributed by atoms with Crippen LogP contribution in [-0.2, 0) is 14.2 Å². The molecule has 0 saturated heterocycles. The van der Waals surface area contributed by atoms with Crippen molar-refractivity contribution in [2.75, 3.05) is 14.2 Å². The smallest absolute Gasteiger partial charge is 0.271 e. The first-order valence-electron chi connectivity index (χ1n) is 10.5. The summed E-state index contributed by atoms with van der Waals surface area (Å²) in [6.45, 7) is 1.41. The highest BCUT2D eigenvalue weighted by atomic mass is 19.2. The van der Waals surface area contributed by atoms with E-state index in [9.17, 15) is 13.2 Å². The Kier molecular flexibility index (Phi) is 10.3. The van der Waals surface area contributed by atoms with Crippen molar-refractivity contribution in [1.82, 2.24) is 0 Å². The highest BCUT2D eigenvalue weighted by molar-refractivity contribution is 5.64. The lowest BCUT2D eigenvalue weighted by molar-refractivity contribution is -0.286. The number of hydrogen-bond donors (Lipinski definition) is 0. The van der Waals surface area contributed by atoms with Gasteiger partial charge in [-0.1, -0.05) is 69.7 Å². The Morgan fingerprint density at radius 2 is 1.33 bits per heavy atom. The molecule has 166 valence electrons. The molecule has 0 N–H and O–H groups in total. The number of halogens is 3. The van der Waals surface area contributed by atoms with Crippen LogP contribution in [-0.4, -0.2) is 20.7 Å². The maximum absolute atomic E-state index is 13.5. The first-order chi connectivity index (χ1) is 14.5. The van der Waals surface area contributed by atoms with Crippen molar-refractivity contribution in [2.24, 2.45) is 0 Å². The van der Waals surface area contributed by atoms with E-state index in [0.29, 0.717) is 5.56 Å². The van der Waals surface area contributed by atoms with Crippen molar-refractivity contribution < 1.29 is 27.4 Å². The van der Waals surface area contributed by atoms with Crippen LogP contribution in [0.1, 0.15) is 63.5 Å². The fraction of sp³-hybridized carbons (Fsp3) is 0.500. The number of rotatable bonds is 13. The van der Waals surface area contributed by atoms with Crippen LogP contribution in [0, 0.1) is 17.5 Å². The number of methoxy groups -OCH3 is 2. The topological polar surface area (TPSA) is 27.7 Å². The molecule has 6 heteroatoms. The zero-order chi connectivity index (χ0) is 21.9. The van der Waals surface area contributed by atoms with Gasteiger partial charge in [0.1, 0.15) is 0 Å². The maximum Gasteiger partial charge on any atom is 0.271 e. The summed E-state index contributed by atoms with van der Waals surface area (Å²) in [6.07, 6.45) is 7.58. The minimum Gasteiger partial charge on any atom is -0.333 e. The fourth-order valence-electron chi connectivity index (χ4n) is 3.38. The Morgan fingerprint density at radius 3 is 1.90 bits per heavy atom. The Bertz CT molecular complexity index is 738. The molecule has 2 rings (SSSR count). The van der Waals surface area contributed by atoms with Crippen LogP contribution in [0.2, 0.25) is 0 Å². The number of ether oxygens (including phenoxy) is 3. The van der Waals surface area contributed by atoms with E-state index < -0.39 is 23.9 Å². The highest BCUT2D eigenvalue weighted by Crippen LogP contribution is 2.30. The summed E-state index contributed by atoms with van der Waals surface area (Å²) in [7, 11) is 3.02. The molecule has 0 heterocycles. The zero-order valence-electron chi connectivity index (χ0n) is 17.9. The van der Waals surface area contributed by atoms with E-state index in [-0.39, 0.29) is 11.7 Å². The standard InChI is InChI=1S/C24H31F3O3/c1-4-5-6-7-8-9-10-22(30-24(28-2)29-3)18-13-11-17(12-14-18)19-15-20(25)23(27)21(26)16-19/h11-16,22,24H,4-10H2,1-3H3. The summed E-state index contributed by atoms with van der Waals surface area (Å²) in [5.74, 6) is -3.88. The second-order valence-electron chi connectivity index (χ2n) is 7.32. The lowest BCUT2D eigenvalue weighted by Gasteiger charge is -2.23. The van der Waals surface area contributed by atoms with Crippen molar-refractivity contribution in [2.45, 2.75) is 64.4 Å². The minimum atomic E-state index is -1.46. The Labute approximate surface area is 177 Å². The average molecular weight is 425 g/mol. The summed E-state index contributed by atoms with van der Waals surface area (Å²) < 4.78 is 56.6. The predicted octanol–water partition coefficient (Wildman–Crippen LogP) is 7.16. The molecule has 0 saturated carbocycles. The normalized spacial score (nSPS) is 12.5. The van der Waals surface area contributed by atoms with E-state index in [4.69, 9.17) is 14.2 Å². The molecule has 0 bridgehead atoms. The molecule has 1 atom stereocenters. The van der Waals surface area contributed by atoms with Crippen LogP contribution in [0.4, 0.5) is 13.2 Å². The lowest BCUT2D eigenvalue weighted by Crippen LogP contribution is -2.21. The third kappa shape index (κ3) is 7.11. The average Bonchev–Trinajstić information content (AvgIpc) is 2.76. The van der Waals surface area contributed by atoms with Gasteiger partial charge in [0.05, 0.1) is 6.10 Å². The van der Waals surface area contributed by atoms with E-state index in [1.165, 1.54) is 39.9 Å². The van der Waals surface area contributed by atoms with Gasteiger partial charge in [-0.25, -0.2) is 13.2 Å². The third-order valence-electron chi connectivity index (χ3n) is 5.08. The summed E-state index contributed by atoms with van der Waals surface area (Å²) in [6, 6.07) is 9.16. The van der Waals surface area contributed by atoms with Gasteiger partial charge >= 0.3 is 0 Å². The van der Waals surface area contributed by atoms with Gasteiger partial charge in [-0.05, 0) is 35.2 Å². The molecule has 0 radical (unpaired) electrons. The van der Waals surface area contributed by atoms with Crippen LogP contribution in [0.25, 0.3) is 11.1 Å². The molecule has 0 aliphatic heterocycles. The van der Waals surface area contributed by atoms with E-state index in [2.05, 4.69) is 6.92 Å². The van der Waals surface area contributed by atoms with Crippen LogP contribution >= 0.6 is 0 Å². The summed E-state index contributed by atoms with van der Waals surface area (Å²) in [5, 5.41) is 0. The van der Waals surface area contributed by atoms with E-state index in [0.717, 1.165) is 37.0 Å². The molecule has 0 amide bonds. The lowest BCUT2D eigenvalue weighted by atomic mass is 9.98. The quantitative estimate of drug-likeness (QED) is 0.194. The second kappa shape index (κ2) is 12.7. The van der Waals surface area contributed by atoms with Gasteiger partial charge in [-0.2, -0.15) is 0 Å². The molecule has 0 spiro atoms. The fourth-order valence-corrected chi connectivity index (χ4v) is 3.38. The van der Waals surface area contributed by atoms with Crippen molar-refractivity contribution >= 4 is 0 Å². The van der Waals surface area contributed by atoms with Gasteiger partial charge < -0.3 is 14.2 Å². The molecular weight excluding hydrogens is 393 g/mol. The van der Waals surface area contributed by atoms with E-state index in [1.807, 2.05) is 12.1 Å². The van der Waals surface area contributed by atoms with E-state index >= 15 is 0 Å². The maximum atomic E-state index is 13.5. The predicted molar refractivity (Wildman–Crippen MR) is 111 cm³/mol. The summed E-state index contributed by atoms with van der Waals surface area (Å²) >= 11 is 0. The highest BCUT2D eigenvalue weighted by Gasteiger charge is 2.18. The molecule has 0 aliphatic carbocycles. The van der Waals surface area contributed by atoms with Crippen molar-refractivity contribution in [1.29, 1.82) is 0 Å². The molecule has 2 aromatic carbocycles. The number of hydrogen-bond acceptors (Lipinski definition) is 3. The van der Waals surface area contributed by atoms with Gasteiger partial charge in [0.2, 0.25) is 0 Å². The SMILES string of the molecule is CCCCCCCCC(OC(OC)OC)c1ccc(-c2cc(F)c(F)c(F)c2)cc1. The first kappa shape index (κ1) is 24.4. The number of benzene rings is 2. The van der Waals surface area contributed by atoms with Crippen LogP contribution in [0.15, 0.2) is 36.4 Å². The summed E-state index contributed by atoms with van der Waals surface area (Å²) in [5.41, 5.74) is 1.78. The Balaban J connectivity index is 2.11. The molecular formula is C24H31F3O3. The van der Waals surface area contributed by atoms with Gasteiger partial charge in [-0.3, -0.25) is 0 Å². The minimum absolute atomic E-state index is 0.239.